The lowest BCUT2D eigenvalue weighted by molar-refractivity contribution is -0.121. The molecule has 1 aromatic heterocycles. The number of benzene rings is 1. The van der Waals surface area contributed by atoms with Crippen molar-refractivity contribution in [2.45, 2.75) is 13.5 Å². The van der Waals surface area contributed by atoms with E-state index in [0.717, 1.165) is 5.56 Å². The largest absolute Gasteiger partial charge is 0.350 e. The average Bonchev–Trinajstić information content (AvgIpc) is 2.59. The highest BCUT2D eigenvalue weighted by Gasteiger charge is 2.19. The molecule has 2 rings (SSSR count). The molecule has 2 aromatic rings. The first kappa shape index (κ1) is 17.9. The number of aromatic nitrogens is 1. The molecule has 0 atom stereocenters. The quantitative estimate of drug-likeness (QED) is 0.815. The fourth-order valence-corrected chi connectivity index (χ4v) is 2.28. The molecule has 1 heterocycles. The second-order valence-electron chi connectivity index (χ2n) is 5.06. The van der Waals surface area contributed by atoms with Gasteiger partial charge in [-0.05, 0) is 36.8 Å². The monoisotopic (exact) mass is 349 g/mol. The number of nitrogens with zero attached hydrogens (tertiary/aromatic N) is 2. The van der Waals surface area contributed by atoms with Crippen molar-refractivity contribution in [2.24, 2.45) is 0 Å². The number of pyridine rings is 1. The maximum Gasteiger partial charge on any atom is 0.257 e. The van der Waals surface area contributed by atoms with Crippen LogP contribution in [0.3, 0.4) is 0 Å². The van der Waals surface area contributed by atoms with Gasteiger partial charge in [0.1, 0.15) is 11.0 Å². The molecule has 1 aromatic carbocycles. The van der Waals surface area contributed by atoms with E-state index in [9.17, 15) is 14.0 Å². The van der Waals surface area contributed by atoms with Crippen molar-refractivity contribution >= 4 is 23.4 Å². The van der Waals surface area contributed by atoms with E-state index in [1.807, 2.05) is 0 Å². The van der Waals surface area contributed by atoms with E-state index in [1.54, 1.807) is 31.2 Å². The zero-order chi connectivity index (χ0) is 17.5. The Balaban J connectivity index is 1.94. The Hall–Kier alpha value is -2.47. The first-order valence-electron chi connectivity index (χ1n) is 7.42. The van der Waals surface area contributed by atoms with Gasteiger partial charge in [0, 0.05) is 19.3 Å². The van der Waals surface area contributed by atoms with Crippen LogP contribution in [0.4, 0.5) is 4.39 Å². The molecule has 0 saturated carbocycles. The molecule has 24 heavy (non-hydrogen) atoms. The molecule has 1 N–H and O–H groups in total. The predicted molar refractivity (Wildman–Crippen MR) is 89.1 cm³/mol. The number of carbonyl (C=O) groups is 2. The lowest BCUT2D eigenvalue weighted by Crippen LogP contribution is -2.40. The minimum absolute atomic E-state index is 0.0955. The number of amides is 2. The summed E-state index contributed by atoms with van der Waals surface area (Å²) in [7, 11) is 0. The molecule has 0 saturated heterocycles. The minimum Gasteiger partial charge on any atom is -0.350 e. The summed E-state index contributed by atoms with van der Waals surface area (Å²) in [6, 6.07) is 9.02. The van der Waals surface area contributed by atoms with Gasteiger partial charge in [-0.2, -0.15) is 0 Å². The summed E-state index contributed by atoms with van der Waals surface area (Å²) in [6.07, 6.45) is 1.49. The molecular weight excluding hydrogens is 333 g/mol. The van der Waals surface area contributed by atoms with E-state index in [1.165, 1.54) is 23.2 Å². The number of rotatable bonds is 6. The molecule has 0 aliphatic rings. The molecule has 0 bridgehead atoms. The Morgan fingerprint density at radius 3 is 2.58 bits per heavy atom. The molecular formula is C17H17ClFN3O2. The van der Waals surface area contributed by atoms with E-state index >= 15 is 0 Å². The van der Waals surface area contributed by atoms with Gasteiger partial charge in [0.15, 0.2) is 0 Å². The van der Waals surface area contributed by atoms with Crippen molar-refractivity contribution in [3.8, 4) is 0 Å². The maximum atomic E-state index is 12.8. The number of likely N-dealkylation sites (N-methyl/N-ethyl adjacent to an activating group) is 1. The third-order valence-corrected chi connectivity index (χ3v) is 3.70. The van der Waals surface area contributed by atoms with Crippen LogP contribution in [0.25, 0.3) is 0 Å². The third-order valence-electron chi connectivity index (χ3n) is 3.40. The predicted octanol–water partition coefficient (Wildman–Crippen LogP) is 2.65. The topological polar surface area (TPSA) is 62.3 Å². The minimum atomic E-state index is -0.354. The Labute approximate surface area is 144 Å². The molecule has 5 nitrogen and oxygen atoms in total. The highest BCUT2D eigenvalue weighted by Crippen LogP contribution is 2.14. The van der Waals surface area contributed by atoms with Crippen molar-refractivity contribution in [1.29, 1.82) is 0 Å². The van der Waals surface area contributed by atoms with Crippen LogP contribution in [-0.4, -0.2) is 34.8 Å². The first-order valence-corrected chi connectivity index (χ1v) is 7.80. The van der Waals surface area contributed by atoms with Crippen molar-refractivity contribution in [2.75, 3.05) is 13.1 Å². The Morgan fingerprint density at radius 1 is 1.25 bits per heavy atom. The summed E-state index contributed by atoms with van der Waals surface area (Å²) in [5.41, 5.74) is 1.03. The third kappa shape index (κ3) is 4.76. The molecule has 0 aliphatic carbocycles. The van der Waals surface area contributed by atoms with Crippen LogP contribution in [-0.2, 0) is 11.3 Å². The normalized spacial score (nSPS) is 10.3. The van der Waals surface area contributed by atoms with Crippen molar-refractivity contribution in [3.05, 3.63) is 64.7 Å². The molecule has 0 aliphatic heterocycles. The molecule has 0 spiro atoms. The Kier molecular flexibility index (Phi) is 6.26. The highest BCUT2D eigenvalue weighted by molar-refractivity contribution is 6.32. The van der Waals surface area contributed by atoms with Gasteiger partial charge in [-0.1, -0.05) is 23.7 Å². The van der Waals surface area contributed by atoms with Crippen LogP contribution in [0.1, 0.15) is 22.8 Å². The average molecular weight is 350 g/mol. The Bertz CT molecular complexity index is 722. The maximum absolute atomic E-state index is 12.8. The van der Waals surface area contributed by atoms with Crippen LogP contribution in [0, 0.1) is 5.82 Å². The van der Waals surface area contributed by atoms with Gasteiger partial charge >= 0.3 is 0 Å². The number of nitrogens with one attached hydrogen (secondary N) is 1. The van der Waals surface area contributed by atoms with Crippen LogP contribution >= 0.6 is 11.6 Å². The van der Waals surface area contributed by atoms with E-state index < -0.39 is 0 Å². The lowest BCUT2D eigenvalue weighted by atomic mass is 10.2. The van der Waals surface area contributed by atoms with Gasteiger partial charge in [-0.25, -0.2) is 9.37 Å². The van der Waals surface area contributed by atoms with Gasteiger partial charge in [0.25, 0.3) is 5.91 Å². The molecule has 0 fully saturated rings. The van der Waals surface area contributed by atoms with Crippen LogP contribution in [0.5, 0.6) is 0 Å². The first-order chi connectivity index (χ1) is 11.5. The van der Waals surface area contributed by atoms with Crippen molar-refractivity contribution in [3.63, 3.8) is 0 Å². The number of halogens is 2. The number of hydrogen-bond donors (Lipinski definition) is 1. The van der Waals surface area contributed by atoms with E-state index in [2.05, 4.69) is 10.3 Å². The SMILES string of the molecule is CCN(CC(=O)NCc1ccc(F)cc1)C(=O)c1cccnc1Cl. The summed E-state index contributed by atoms with van der Waals surface area (Å²) in [4.78, 5) is 29.7. The van der Waals surface area contributed by atoms with Gasteiger partial charge in [0.2, 0.25) is 5.91 Å². The summed E-state index contributed by atoms with van der Waals surface area (Å²) in [6.45, 7) is 2.30. The smallest absolute Gasteiger partial charge is 0.257 e. The van der Waals surface area contributed by atoms with E-state index in [4.69, 9.17) is 11.6 Å². The fraction of sp³-hybridized carbons (Fsp3) is 0.235. The Morgan fingerprint density at radius 2 is 1.96 bits per heavy atom. The van der Waals surface area contributed by atoms with Crippen molar-refractivity contribution < 1.29 is 14.0 Å². The summed E-state index contributed by atoms with van der Waals surface area (Å²) in [5, 5.41) is 2.80. The van der Waals surface area contributed by atoms with Crippen LogP contribution in [0.2, 0.25) is 5.15 Å². The highest BCUT2D eigenvalue weighted by atomic mass is 35.5. The van der Waals surface area contributed by atoms with Crippen molar-refractivity contribution in [1.82, 2.24) is 15.2 Å². The lowest BCUT2D eigenvalue weighted by Gasteiger charge is -2.20. The van der Waals surface area contributed by atoms with E-state index in [0.29, 0.717) is 6.54 Å². The van der Waals surface area contributed by atoms with Gasteiger partial charge in [-0.15, -0.1) is 0 Å². The fourth-order valence-electron chi connectivity index (χ4n) is 2.08. The molecule has 2 amide bonds. The summed E-state index contributed by atoms with van der Waals surface area (Å²) in [5.74, 6) is -0.997. The van der Waals surface area contributed by atoms with Crippen LogP contribution in [0.15, 0.2) is 42.6 Å². The molecule has 0 unspecified atom stereocenters. The second kappa shape index (κ2) is 8.40. The molecule has 7 heteroatoms. The number of hydrogen-bond acceptors (Lipinski definition) is 3. The zero-order valence-electron chi connectivity index (χ0n) is 13.1. The number of carbonyl (C=O) groups excluding carboxylic acids is 2. The molecule has 126 valence electrons. The van der Waals surface area contributed by atoms with Crippen LogP contribution < -0.4 is 5.32 Å². The van der Waals surface area contributed by atoms with Gasteiger partial charge < -0.3 is 10.2 Å². The van der Waals surface area contributed by atoms with Gasteiger partial charge in [0.05, 0.1) is 12.1 Å². The molecule has 0 radical (unpaired) electrons. The zero-order valence-corrected chi connectivity index (χ0v) is 13.9. The second-order valence-corrected chi connectivity index (χ2v) is 5.42. The summed E-state index contributed by atoms with van der Waals surface area (Å²) >= 11 is 5.92. The summed E-state index contributed by atoms with van der Waals surface area (Å²) < 4.78 is 12.8. The standard InChI is InChI=1S/C17H17ClFN3O2/c1-2-22(17(24)14-4-3-9-20-16(14)18)11-15(23)21-10-12-5-7-13(19)8-6-12/h3-9H,2,10-11H2,1H3,(H,21,23). The van der Waals surface area contributed by atoms with Gasteiger partial charge in [-0.3, -0.25) is 9.59 Å². The van der Waals surface area contributed by atoms with E-state index in [-0.39, 0.29) is 41.4 Å².